The molecule has 7 heteroatoms. The maximum atomic E-state index is 13.7. The number of carbonyl (C=O) groups is 3. The second kappa shape index (κ2) is 11.9. The Morgan fingerprint density at radius 1 is 1.24 bits per heavy atom. The SMILES string of the molecule is C#Cc1ccccc1C(C(=O)NCCCCC)N(C(=O)C(C)NC(=O)OC(C)(C)C)C1CC1C. The Kier molecular flexibility index (Phi) is 9.55. The van der Waals surface area contributed by atoms with E-state index in [1.807, 2.05) is 19.1 Å². The van der Waals surface area contributed by atoms with Gasteiger partial charge in [0, 0.05) is 18.2 Å². The third-order valence-electron chi connectivity index (χ3n) is 5.80. The molecule has 34 heavy (non-hydrogen) atoms. The number of rotatable bonds is 10. The van der Waals surface area contributed by atoms with E-state index in [-0.39, 0.29) is 23.8 Å². The number of nitrogens with one attached hydrogen (secondary N) is 2. The topological polar surface area (TPSA) is 87.7 Å². The number of amides is 3. The quantitative estimate of drug-likeness (QED) is 0.398. The fourth-order valence-electron chi connectivity index (χ4n) is 3.91. The Morgan fingerprint density at radius 3 is 2.44 bits per heavy atom. The van der Waals surface area contributed by atoms with Gasteiger partial charge in [-0.15, -0.1) is 6.42 Å². The molecule has 0 aromatic heterocycles. The summed E-state index contributed by atoms with van der Waals surface area (Å²) in [6.07, 6.45) is 8.75. The summed E-state index contributed by atoms with van der Waals surface area (Å²) >= 11 is 0. The largest absolute Gasteiger partial charge is 0.444 e. The standard InChI is InChI=1S/C27H39N3O4/c1-8-10-13-16-28-24(31)23(21-15-12-11-14-20(21)9-2)30(22-17-18(22)3)25(32)19(4)29-26(33)34-27(5,6)7/h2,11-12,14-15,18-19,22-23H,8,10,13,16-17H2,1,3-7H3,(H,28,31)(H,29,33). The van der Waals surface area contributed by atoms with E-state index >= 15 is 0 Å². The first kappa shape index (κ1) is 27.2. The molecule has 0 radical (unpaired) electrons. The highest BCUT2D eigenvalue weighted by Crippen LogP contribution is 2.41. The summed E-state index contributed by atoms with van der Waals surface area (Å²) in [5.74, 6) is 2.28. The second-order valence-corrected chi connectivity index (χ2v) is 10.0. The normalized spacial score (nSPS) is 18.7. The van der Waals surface area contributed by atoms with E-state index in [4.69, 9.17) is 11.2 Å². The van der Waals surface area contributed by atoms with Gasteiger partial charge in [-0.25, -0.2) is 4.79 Å². The number of benzene rings is 1. The number of hydrogen-bond donors (Lipinski definition) is 2. The van der Waals surface area contributed by atoms with Crippen LogP contribution >= 0.6 is 0 Å². The number of alkyl carbamates (subject to hydrolysis) is 1. The highest BCUT2D eigenvalue weighted by molar-refractivity contribution is 5.92. The van der Waals surface area contributed by atoms with Crippen molar-refractivity contribution >= 4 is 17.9 Å². The lowest BCUT2D eigenvalue weighted by molar-refractivity contribution is -0.143. The Balaban J connectivity index is 2.38. The van der Waals surface area contributed by atoms with Crippen LogP contribution in [0, 0.1) is 18.3 Å². The predicted octanol–water partition coefficient (Wildman–Crippen LogP) is 4.17. The van der Waals surface area contributed by atoms with Crippen LogP contribution in [0.25, 0.3) is 0 Å². The summed E-state index contributed by atoms with van der Waals surface area (Å²) in [4.78, 5) is 41.1. The van der Waals surface area contributed by atoms with Crippen molar-refractivity contribution in [1.29, 1.82) is 0 Å². The van der Waals surface area contributed by atoms with E-state index in [9.17, 15) is 14.4 Å². The maximum absolute atomic E-state index is 13.7. The number of ether oxygens (including phenoxy) is 1. The van der Waals surface area contributed by atoms with Gasteiger partial charge in [-0.3, -0.25) is 9.59 Å². The van der Waals surface area contributed by atoms with Gasteiger partial charge in [0.1, 0.15) is 17.7 Å². The molecule has 1 fully saturated rings. The van der Waals surface area contributed by atoms with Crippen molar-refractivity contribution in [3.05, 3.63) is 35.4 Å². The Bertz CT molecular complexity index is 915. The molecule has 0 saturated heterocycles. The van der Waals surface area contributed by atoms with E-state index in [0.717, 1.165) is 25.7 Å². The van der Waals surface area contributed by atoms with Gasteiger partial charge in [0.25, 0.3) is 0 Å². The first-order chi connectivity index (χ1) is 16.0. The first-order valence-electron chi connectivity index (χ1n) is 12.1. The van der Waals surface area contributed by atoms with Crippen LogP contribution in [0.4, 0.5) is 4.79 Å². The van der Waals surface area contributed by atoms with E-state index in [1.54, 1.807) is 44.7 Å². The van der Waals surface area contributed by atoms with Crippen molar-refractivity contribution in [2.45, 2.75) is 91.0 Å². The van der Waals surface area contributed by atoms with Gasteiger partial charge in [-0.2, -0.15) is 0 Å². The van der Waals surface area contributed by atoms with Crippen molar-refractivity contribution in [2.75, 3.05) is 6.54 Å². The average Bonchev–Trinajstić information content (AvgIpc) is 3.48. The molecule has 0 spiro atoms. The summed E-state index contributed by atoms with van der Waals surface area (Å²) in [5.41, 5.74) is 0.481. The molecule has 1 aliphatic rings. The molecule has 186 valence electrons. The molecule has 1 aromatic rings. The van der Waals surface area contributed by atoms with Crippen LogP contribution in [0.2, 0.25) is 0 Å². The van der Waals surface area contributed by atoms with Crippen LogP contribution in [-0.4, -0.2) is 47.0 Å². The van der Waals surface area contributed by atoms with Gasteiger partial charge in [0.05, 0.1) is 0 Å². The van der Waals surface area contributed by atoms with Crippen molar-refractivity contribution in [3.63, 3.8) is 0 Å². The van der Waals surface area contributed by atoms with Crippen LogP contribution < -0.4 is 10.6 Å². The van der Waals surface area contributed by atoms with Gasteiger partial charge >= 0.3 is 6.09 Å². The minimum atomic E-state index is -0.890. The van der Waals surface area contributed by atoms with Gasteiger partial charge < -0.3 is 20.3 Å². The summed E-state index contributed by atoms with van der Waals surface area (Å²) < 4.78 is 5.31. The summed E-state index contributed by atoms with van der Waals surface area (Å²) in [6, 6.07) is 5.31. The van der Waals surface area contributed by atoms with Crippen LogP contribution in [0.5, 0.6) is 0 Å². The summed E-state index contributed by atoms with van der Waals surface area (Å²) in [5, 5.41) is 5.62. The second-order valence-electron chi connectivity index (χ2n) is 10.0. The number of hydrogen-bond acceptors (Lipinski definition) is 4. The van der Waals surface area contributed by atoms with E-state index in [1.165, 1.54) is 0 Å². The lowest BCUT2D eigenvalue weighted by Gasteiger charge is -2.34. The molecule has 7 nitrogen and oxygen atoms in total. The van der Waals surface area contributed by atoms with Crippen LogP contribution in [0.1, 0.15) is 84.4 Å². The number of unbranched alkanes of at least 4 members (excludes halogenated alkanes) is 2. The third-order valence-corrected chi connectivity index (χ3v) is 5.80. The number of carbonyl (C=O) groups excluding carboxylic acids is 3. The maximum Gasteiger partial charge on any atom is 0.408 e. The molecular weight excluding hydrogens is 430 g/mol. The molecule has 0 bridgehead atoms. The smallest absolute Gasteiger partial charge is 0.408 e. The Labute approximate surface area is 204 Å². The van der Waals surface area contributed by atoms with Crippen molar-refractivity contribution in [2.24, 2.45) is 5.92 Å². The van der Waals surface area contributed by atoms with Crippen LogP contribution in [0.15, 0.2) is 24.3 Å². The van der Waals surface area contributed by atoms with Crippen LogP contribution in [-0.2, 0) is 14.3 Å². The fourth-order valence-corrected chi connectivity index (χ4v) is 3.91. The van der Waals surface area contributed by atoms with Gasteiger partial charge in [0.15, 0.2) is 0 Å². The van der Waals surface area contributed by atoms with E-state index in [0.29, 0.717) is 17.7 Å². The molecular formula is C27H39N3O4. The van der Waals surface area contributed by atoms with Crippen LogP contribution in [0.3, 0.4) is 0 Å². The molecule has 3 amide bonds. The number of terminal acetylenes is 1. The average molecular weight is 470 g/mol. The van der Waals surface area contributed by atoms with E-state index in [2.05, 4.69) is 23.5 Å². The van der Waals surface area contributed by atoms with Crippen molar-refractivity contribution in [3.8, 4) is 12.3 Å². The zero-order chi connectivity index (χ0) is 25.5. The molecule has 4 unspecified atom stereocenters. The molecule has 2 N–H and O–H groups in total. The zero-order valence-electron chi connectivity index (χ0n) is 21.3. The predicted molar refractivity (Wildman–Crippen MR) is 133 cm³/mol. The van der Waals surface area contributed by atoms with Crippen molar-refractivity contribution < 1.29 is 19.1 Å². The van der Waals surface area contributed by atoms with E-state index < -0.39 is 23.8 Å². The zero-order valence-corrected chi connectivity index (χ0v) is 21.3. The van der Waals surface area contributed by atoms with Gasteiger partial charge in [-0.05, 0) is 58.1 Å². The molecule has 1 aromatic carbocycles. The molecule has 0 heterocycles. The molecule has 4 atom stereocenters. The highest BCUT2D eigenvalue weighted by Gasteiger charge is 2.47. The molecule has 1 aliphatic carbocycles. The fraction of sp³-hybridized carbons (Fsp3) is 0.593. The van der Waals surface area contributed by atoms with Crippen molar-refractivity contribution in [1.82, 2.24) is 15.5 Å². The molecule has 0 aliphatic heterocycles. The molecule has 2 rings (SSSR count). The monoisotopic (exact) mass is 469 g/mol. The Hall–Kier alpha value is -3.01. The summed E-state index contributed by atoms with van der Waals surface area (Å²) in [7, 11) is 0. The first-order valence-corrected chi connectivity index (χ1v) is 12.1. The Morgan fingerprint density at radius 2 is 1.88 bits per heavy atom. The number of nitrogens with zero attached hydrogens (tertiary/aromatic N) is 1. The molecule has 1 saturated carbocycles. The van der Waals surface area contributed by atoms with Gasteiger partial charge in [-0.1, -0.05) is 50.8 Å². The van der Waals surface area contributed by atoms with Gasteiger partial charge in [0.2, 0.25) is 11.8 Å². The lowest BCUT2D eigenvalue weighted by atomic mass is 9.97. The summed E-state index contributed by atoms with van der Waals surface area (Å²) in [6.45, 7) is 11.5. The highest BCUT2D eigenvalue weighted by atomic mass is 16.6. The minimum Gasteiger partial charge on any atom is -0.444 e. The lowest BCUT2D eigenvalue weighted by Crippen LogP contribution is -2.53. The minimum absolute atomic E-state index is 0.118. The third kappa shape index (κ3) is 7.51.